The van der Waals surface area contributed by atoms with Gasteiger partial charge in [-0.3, -0.25) is 19.4 Å². The smallest absolute Gasteiger partial charge is 0.379 e. The van der Waals surface area contributed by atoms with Crippen LogP contribution in [0.2, 0.25) is 10.0 Å². The molecule has 18 nitrogen and oxygen atoms in total. The van der Waals surface area contributed by atoms with Crippen LogP contribution in [0.5, 0.6) is 0 Å². The van der Waals surface area contributed by atoms with E-state index < -0.39 is 93.0 Å². The second kappa shape index (κ2) is 44.4. The Morgan fingerprint density at radius 1 is 0.423 bits per heavy atom. The van der Waals surface area contributed by atoms with Crippen molar-refractivity contribution >= 4 is 109 Å². The van der Waals surface area contributed by atoms with Gasteiger partial charge in [0.15, 0.2) is 31.2 Å². The van der Waals surface area contributed by atoms with E-state index >= 15 is 0 Å². The molecule has 10 aromatic carbocycles. The number of nitrogens with zero attached hydrogens (tertiary/aromatic N) is 6. The number of thioether (sulfide) groups is 2. The molecule has 14 rings (SSSR count). The number of carbonyl (C=O) groups is 2. The number of ether oxygens (including phenoxy) is 2. The fraction of sp³-hybridized carbons (Fsp3) is 0.347. The number of benzene rings is 10. The molecule has 0 N–H and O–H groups in total. The summed E-state index contributed by atoms with van der Waals surface area (Å²) in [6.45, 7) is 8.91. The van der Waals surface area contributed by atoms with E-state index in [4.69, 9.17) is 32.7 Å². The van der Waals surface area contributed by atoms with Gasteiger partial charge in [0, 0.05) is 106 Å². The maximum absolute atomic E-state index is 14.2. The molecule has 4 saturated heterocycles. The summed E-state index contributed by atoms with van der Waals surface area (Å²) in [4.78, 5) is 33.8. The quantitative estimate of drug-likeness (QED) is 0.0206. The molecule has 0 amide bonds. The zero-order valence-corrected chi connectivity index (χ0v) is 77.4. The van der Waals surface area contributed by atoms with Crippen LogP contribution in [0.1, 0.15) is 93.3 Å². The van der Waals surface area contributed by atoms with Crippen LogP contribution in [0.25, 0.3) is 22.3 Å². The second-order valence-electron chi connectivity index (χ2n) is 32.8. The largest absolute Gasteiger partial charge is 0.501 e. The lowest BCUT2D eigenvalue weighted by molar-refractivity contribution is -0.0442. The van der Waals surface area contributed by atoms with Crippen LogP contribution in [0.4, 0.5) is 37.7 Å². The fourth-order valence-electron chi connectivity index (χ4n) is 17.1. The standard InChI is InChI=1S/2C49H49ClF3N3O6S3/c2*50-40-15-10-36(11-16-40)44-8-4-5-9-45(44)46(32-54)37-21-24-56(25-22-37)41-17-12-38(13-18-41)47(57)34-64(58,59)43-19-14-39(48(31-43)65(60,61)49(51,52)53)30-35(20-23-55-26-28-62-29-27-55)33-63-42-6-2-1-3-7-42/h2*1-19,31,35,37,46H,20-30,33-34H2/t35-,46+;35-,46-/m00/s1. The van der Waals surface area contributed by atoms with Gasteiger partial charge >= 0.3 is 11.0 Å². The van der Waals surface area contributed by atoms with Gasteiger partial charge in [0.25, 0.3) is 19.7 Å². The van der Waals surface area contributed by atoms with Gasteiger partial charge in [-0.1, -0.05) is 145 Å². The summed E-state index contributed by atoms with van der Waals surface area (Å²) >= 11 is 15.3. The van der Waals surface area contributed by atoms with E-state index in [1.165, 1.54) is 47.8 Å². The molecule has 684 valence electrons. The number of piperidine rings is 2. The molecule has 32 heteroatoms. The van der Waals surface area contributed by atoms with E-state index in [0.29, 0.717) is 138 Å². The number of sulfone groups is 4. The molecule has 0 aliphatic carbocycles. The van der Waals surface area contributed by atoms with Crippen LogP contribution >= 0.6 is 46.7 Å². The average Bonchev–Trinajstić information content (AvgIpc) is 0.759. The number of ketones is 2. The molecule has 0 radical (unpaired) electrons. The first-order chi connectivity index (χ1) is 62.2. The summed E-state index contributed by atoms with van der Waals surface area (Å²) in [6, 6.07) is 73.4. The lowest BCUT2D eigenvalue weighted by Gasteiger charge is -2.36. The Bertz CT molecular complexity index is 5750. The third-order valence-electron chi connectivity index (χ3n) is 24.3. The number of alkyl halides is 6. The molecule has 4 fully saturated rings. The number of hydrogen-bond donors (Lipinski definition) is 0. The molecule has 4 aliphatic heterocycles. The average molecular weight is 1930 g/mol. The first kappa shape index (κ1) is 98.1. The number of halogens is 8. The second-order valence-corrected chi connectivity index (χ2v) is 43.7. The predicted octanol–water partition coefficient (Wildman–Crippen LogP) is 20.3. The highest BCUT2D eigenvalue weighted by atomic mass is 35.5. The Balaban J connectivity index is 0.000000222. The molecule has 10 aromatic rings. The molecule has 0 saturated carbocycles. The number of rotatable bonds is 34. The van der Waals surface area contributed by atoms with Gasteiger partial charge in [0.1, 0.15) is 11.5 Å². The topological polar surface area (TPSA) is 250 Å². The van der Waals surface area contributed by atoms with Crippen molar-refractivity contribution in [3.63, 3.8) is 0 Å². The number of carbonyl (C=O) groups excluding carboxylic acids is 2. The van der Waals surface area contributed by atoms with Crippen molar-refractivity contribution < 1.29 is 79.1 Å². The highest BCUT2D eigenvalue weighted by molar-refractivity contribution is 7.99. The molecular weight excluding hydrogens is 1830 g/mol. The van der Waals surface area contributed by atoms with Crippen LogP contribution in [0.15, 0.2) is 272 Å². The van der Waals surface area contributed by atoms with Gasteiger partial charge in [-0.2, -0.15) is 36.9 Å². The van der Waals surface area contributed by atoms with Gasteiger partial charge in [-0.05, 0) is 254 Å². The van der Waals surface area contributed by atoms with E-state index in [-0.39, 0.29) is 70.6 Å². The maximum atomic E-state index is 14.2. The Labute approximate surface area is 775 Å². The maximum Gasteiger partial charge on any atom is 0.501 e. The van der Waals surface area contributed by atoms with E-state index in [9.17, 15) is 80.1 Å². The third kappa shape index (κ3) is 25.3. The van der Waals surface area contributed by atoms with Gasteiger partial charge in [-0.25, -0.2) is 33.7 Å². The molecule has 0 bridgehead atoms. The summed E-state index contributed by atoms with van der Waals surface area (Å²) in [5, 5.41) is 22.0. The van der Waals surface area contributed by atoms with Crippen LogP contribution in [0.3, 0.4) is 0 Å². The summed E-state index contributed by atoms with van der Waals surface area (Å²) in [6.07, 6.45) is 3.96. The normalized spacial score (nSPS) is 16.4. The predicted molar refractivity (Wildman–Crippen MR) is 498 cm³/mol. The van der Waals surface area contributed by atoms with Crippen molar-refractivity contribution in [2.24, 2.45) is 23.7 Å². The fourth-order valence-corrected chi connectivity index (χ4v) is 24.1. The van der Waals surface area contributed by atoms with Gasteiger partial charge in [-0.15, -0.1) is 23.5 Å². The first-order valence-electron chi connectivity index (χ1n) is 42.8. The minimum absolute atomic E-state index is 0.0463. The Morgan fingerprint density at radius 2 is 0.754 bits per heavy atom. The lowest BCUT2D eigenvalue weighted by atomic mass is 9.78. The van der Waals surface area contributed by atoms with Crippen molar-refractivity contribution in [1.29, 1.82) is 10.5 Å². The summed E-state index contributed by atoms with van der Waals surface area (Å²) in [5.74, 6) is -3.79. The minimum Gasteiger partial charge on any atom is -0.379 e. The van der Waals surface area contributed by atoms with Gasteiger partial charge < -0.3 is 19.3 Å². The molecule has 0 aromatic heterocycles. The Morgan fingerprint density at radius 3 is 1.08 bits per heavy atom. The molecule has 4 aliphatic rings. The number of Topliss-reactive ketones (excluding diaryl/α,β-unsaturated/α-hetero) is 2. The monoisotopic (exact) mass is 1930 g/mol. The van der Waals surface area contributed by atoms with Crippen LogP contribution < -0.4 is 9.80 Å². The molecular formula is C98H98Cl2F6N6O12S6. The number of hydrogen-bond acceptors (Lipinski definition) is 20. The number of anilines is 2. The minimum atomic E-state index is -5.98. The van der Waals surface area contributed by atoms with Crippen LogP contribution in [-0.4, -0.2) is 181 Å². The lowest BCUT2D eigenvalue weighted by Crippen LogP contribution is -2.37. The number of nitriles is 2. The summed E-state index contributed by atoms with van der Waals surface area (Å²) in [7, 11) is -21.1. The molecule has 0 spiro atoms. The SMILES string of the molecule is N#C[C@@H](c1ccccc1-c1ccc(Cl)cc1)C1CCN(c2ccc(C(=O)CS(=O)(=O)c3ccc(C[C@H](CCN4CCOCC4)CSc4ccccc4)c(S(=O)(=O)C(F)(F)F)c3)cc2)CC1.N#C[C@H](c1ccccc1-c1ccc(Cl)cc1)C1CCN(c2ccc(C(=O)CS(=O)(=O)c3ccc(C[C@H](CCN4CCOCC4)CSc4ccccc4)c(S(=O)(=O)C(F)(F)F)c3)cc2)CC1. The Kier molecular flexibility index (Phi) is 33.5. The van der Waals surface area contributed by atoms with Crippen molar-refractivity contribution in [3.05, 3.63) is 286 Å². The van der Waals surface area contributed by atoms with Gasteiger partial charge in [0.05, 0.1) is 70.0 Å². The first-order valence-corrected chi connectivity index (χ1v) is 51.8. The van der Waals surface area contributed by atoms with Crippen LogP contribution in [0, 0.1) is 46.3 Å². The van der Waals surface area contributed by atoms with E-state index in [1.54, 1.807) is 24.3 Å². The van der Waals surface area contributed by atoms with E-state index in [0.717, 1.165) is 104 Å². The van der Waals surface area contributed by atoms with Crippen molar-refractivity contribution in [2.75, 3.05) is 125 Å². The zero-order chi connectivity index (χ0) is 92.4. The Hall–Kier alpha value is -9.38. The summed E-state index contributed by atoms with van der Waals surface area (Å²) in [5.41, 5.74) is -4.06. The van der Waals surface area contributed by atoms with Crippen molar-refractivity contribution in [1.82, 2.24) is 9.80 Å². The van der Waals surface area contributed by atoms with E-state index in [1.807, 2.05) is 158 Å². The molecule has 0 unspecified atom stereocenters. The zero-order valence-electron chi connectivity index (χ0n) is 71.0. The molecule has 4 heterocycles. The highest BCUT2D eigenvalue weighted by Crippen LogP contribution is 2.44. The molecule has 130 heavy (non-hydrogen) atoms. The van der Waals surface area contributed by atoms with Crippen molar-refractivity contribution in [3.8, 4) is 34.4 Å². The highest BCUT2D eigenvalue weighted by Gasteiger charge is 2.50. The molecule has 4 atom stereocenters. The van der Waals surface area contributed by atoms with Crippen LogP contribution in [-0.2, 0) is 61.7 Å². The summed E-state index contributed by atoms with van der Waals surface area (Å²) < 4.78 is 203. The van der Waals surface area contributed by atoms with Gasteiger partial charge in [0.2, 0.25) is 0 Å². The van der Waals surface area contributed by atoms with E-state index in [2.05, 4.69) is 31.7 Å². The number of morpholine rings is 2. The third-order valence-corrected chi connectivity index (χ3v) is 33.7. The van der Waals surface area contributed by atoms with Crippen molar-refractivity contribution in [2.45, 2.75) is 104 Å².